The summed E-state index contributed by atoms with van der Waals surface area (Å²) in [5, 5.41) is 20.4. The van der Waals surface area contributed by atoms with E-state index in [9.17, 15) is 10.2 Å². The van der Waals surface area contributed by atoms with E-state index in [1.165, 1.54) is 55.6 Å². The molecule has 6 aromatic rings. The Morgan fingerprint density at radius 1 is 0.341 bits per heavy atom. The minimum Gasteiger partial charge on any atom is -0.508 e. The number of benzene rings is 6. The van der Waals surface area contributed by atoms with Crippen LogP contribution in [0.3, 0.4) is 0 Å². The van der Waals surface area contributed by atoms with Crippen molar-refractivity contribution >= 4 is 0 Å². The summed E-state index contributed by atoms with van der Waals surface area (Å²) in [5.41, 5.74) is 12.4. The summed E-state index contributed by atoms with van der Waals surface area (Å²) in [6.07, 6.45) is 3.96. The summed E-state index contributed by atoms with van der Waals surface area (Å²) < 4.78 is 0. The van der Waals surface area contributed by atoms with Gasteiger partial charge in [-0.15, -0.1) is 0 Å². The first-order valence-electron chi connectivity index (χ1n) is 15.6. The van der Waals surface area contributed by atoms with Crippen LogP contribution >= 0.6 is 0 Å². The molecule has 2 aliphatic carbocycles. The van der Waals surface area contributed by atoms with Crippen LogP contribution in [0.25, 0.3) is 22.3 Å². The molecule has 0 heterocycles. The van der Waals surface area contributed by atoms with E-state index < -0.39 is 0 Å². The van der Waals surface area contributed by atoms with Gasteiger partial charge in [-0.1, -0.05) is 134 Å². The van der Waals surface area contributed by atoms with Gasteiger partial charge < -0.3 is 10.2 Å². The van der Waals surface area contributed by atoms with Crippen molar-refractivity contribution in [2.45, 2.75) is 36.5 Å². The Bertz CT molecular complexity index is 1750. The summed E-state index contributed by atoms with van der Waals surface area (Å²) in [6.45, 7) is 0. The number of aromatic hydroxyl groups is 2. The predicted octanol–water partition coefficient (Wildman–Crippen LogP) is 9.99. The fourth-order valence-electron chi connectivity index (χ4n) is 8.37. The molecule has 0 spiro atoms. The van der Waals surface area contributed by atoms with Crippen LogP contribution in [0.15, 0.2) is 146 Å². The highest BCUT2D eigenvalue weighted by molar-refractivity contribution is 5.84. The van der Waals surface area contributed by atoms with Gasteiger partial charge in [0.15, 0.2) is 0 Å². The molecule has 2 nitrogen and oxygen atoms in total. The molecule has 0 saturated heterocycles. The molecule has 2 aliphatic rings. The smallest absolute Gasteiger partial charge is 0.115 e. The van der Waals surface area contributed by atoms with Gasteiger partial charge in [-0.25, -0.2) is 0 Å². The SMILES string of the molecule is Oc1ccc(C2(CCCCC3(c4ccc(O)cc4)c4ccccc4-c4ccccc43)c3ccccc3-c3ccccc32)cc1. The molecule has 0 amide bonds. The van der Waals surface area contributed by atoms with Crippen LogP contribution in [-0.4, -0.2) is 10.2 Å². The fourth-order valence-corrected chi connectivity index (χ4v) is 8.37. The number of hydrogen-bond acceptors (Lipinski definition) is 2. The number of fused-ring (bicyclic) bond motifs is 6. The molecule has 2 N–H and O–H groups in total. The van der Waals surface area contributed by atoms with Crippen molar-refractivity contribution in [3.63, 3.8) is 0 Å². The van der Waals surface area contributed by atoms with Crippen molar-refractivity contribution in [2.75, 3.05) is 0 Å². The van der Waals surface area contributed by atoms with Crippen molar-refractivity contribution in [3.8, 4) is 33.8 Å². The van der Waals surface area contributed by atoms with Crippen molar-refractivity contribution < 1.29 is 10.2 Å². The van der Waals surface area contributed by atoms with Gasteiger partial charge in [0, 0.05) is 10.8 Å². The lowest BCUT2D eigenvalue weighted by Crippen LogP contribution is -2.29. The summed E-state index contributed by atoms with van der Waals surface area (Å²) >= 11 is 0. The van der Waals surface area contributed by atoms with Gasteiger partial charge in [0.05, 0.1) is 0 Å². The van der Waals surface area contributed by atoms with Gasteiger partial charge in [0.1, 0.15) is 11.5 Å². The molecule has 0 atom stereocenters. The van der Waals surface area contributed by atoms with Crippen LogP contribution in [0.5, 0.6) is 11.5 Å². The third-order valence-corrected chi connectivity index (χ3v) is 10.2. The minimum absolute atomic E-state index is 0.290. The van der Waals surface area contributed by atoms with Crippen LogP contribution in [-0.2, 0) is 10.8 Å². The first-order chi connectivity index (χ1) is 21.6. The van der Waals surface area contributed by atoms with Gasteiger partial charge >= 0.3 is 0 Å². The van der Waals surface area contributed by atoms with Crippen LogP contribution in [0.2, 0.25) is 0 Å². The van der Waals surface area contributed by atoms with Crippen molar-refractivity contribution in [1.29, 1.82) is 0 Å². The van der Waals surface area contributed by atoms with Crippen LogP contribution < -0.4 is 0 Å². The van der Waals surface area contributed by atoms with E-state index >= 15 is 0 Å². The van der Waals surface area contributed by atoms with E-state index in [0.717, 1.165) is 25.7 Å². The zero-order valence-electron chi connectivity index (χ0n) is 24.6. The molecule has 0 radical (unpaired) electrons. The lowest BCUT2D eigenvalue weighted by molar-refractivity contribution is 0.464. The Hall–Kier alpha value is -5.08. The highest BCUT2D eigenvalue weighted by Crippen LogP contribution is 2.57. The molecular formula is C42H34O2. The highest BCUT2D eigenvalue weighted by Gasteiger charge is 2.46. The highest BCUT2D eigenvalue weighted by atomic mass is 16.3. The zero-order valence-corrected chi connectivity index (χ0v) is 24.6. The predicted molar refractivity (Wildman–Crippen MR) is 178 cm³/mol. The molecule has 6 aromatic carbocycles. The van der Waals surface area contributed by atoms with Gasteiger partial charge in [-0.3, -0.25) is 0 Å². The molecule has 214 valence electrons. The van der Waals surface area contributed by atoms with Crippen molar-refractivity contribution in [3.05, 3.63) is 179 Å². The Morgan fingerprint density at radius 2 is 0.614 bits per heavy atom. The van der Waals surface area contributed by atoms with Gasteiger partial charge in [-0.2, -0.15) is 0 Å². The Kier molecular flexibility index (Phi) is 6.20. The normalized spacial score (nSPS) is 14.8. The molecule has 44 heavy (non-hydrogen) atoms. The van der Waals surface area contributed by atoms with Gasteiger partial charge in [-0.05, 0) is 92.7 Å². The average molecular weight is 571 g/mol. The van der Waals surface area contributed by atoms with Crippen LogP contribution in [0.1, 0.15) is 59.1 Å². The molecule has 0 aromatic heterocycles. The number of phenolic OH excluding ortho intramolecular Hbond substituents is 2. The first kappa shape index (κ1) is 26.5. The number of hydrogen-bond donors (Lipinski definition) is 2. The number of phenols is 2. The monoisotopic (exact) mass is 570 g/mol. The zero-order chi connectivity index (χ0) is 29.7. The summed E-state index contributed by atoms with van der Waals surface area (Å²) in [5.74, 6) is 0.579. The second-order valence-electron chi connectivity index (χ2n) is 12.3. The maximum Gasteiger partial charge on any atom is 0.115 e. The molecule has 0 unspecified atom stereocenters. The Morgan fingerprint density at radius 3 is 0.909 bits per heavy atom. The maximum atomic E-state index is 10.2. The second kappa shape index (κ2) is 10.3. The Balaban J connectivity index is 1.21. The number of unbranched alkanes of at least 4 members (excludes halogenated alkanes) is 1. The van der Waals surface area contributed by atoms with E-state index in [1.807, 2.05) is 24.3 Å². The van der Waals surface area contributed by atoms with E-state index in [4.69, 9.17) is 0 Å². The lowest BCUT2D eigenvalue weighted by atomic mass is 9.67. The quantitative estimate of drug-likeness (QED) is 0.188. The van der Waals surface area contributed by atoms with E-state index in [-0.39, 0.29) is 22.3 Å². The largest absolute Gasteiger partial charge is 0.508 e. The standard InChI is InChI=1S/C42H34O2/c43-31-23-19-29(20-24-31)41(37-15-5-1-11-33(37)34-12-2-6-16-38(34)41)27-9-10-28-42(30-21-25-32(44)26-22-30)39-17-7-3-13-35(39)36-14-4-8-18-40(36)42/h1-8,11-26,43-44H,9-10,27-28H2. The number of rotatable bonds is 7. The summed E-state index contributed by atoms with van der Waals surface area (Å²) in [4.78, 5) is 0. The second-order valence-corrected chi connectivity index (χ2v) is 12.3. The van der Waals surface area contributed by atoms with Crippen molar-refractivity contribution in [1.82, 2.24) is 0 Å². The Labute approximate surface area is 258 Å². The van der Waals surface area contributed by atoms with E-state index in [1.54, 1.807) is 0 Å². The lowest BCUT2D eigenvalue weighted by Gasteiger charge is -2.35. The molecular weight excluding hydrogens is 536 g/mol. The topological polar surface area (TPSA) is 40.5 Å². The fraction of sp³-hybridized carbons (Fsp3) is 0.143. The third kappa shape index (κ3) is 3.80. The molecule has 0 fully saturated rings. The van der Waals surface area contributed by atoms with Gasteiger partial charge in [0.25, 0.3) is 0 Å². The first-order valence-corrected chi connectivity index (χ1v) is 15.6. The molecule has 0 saturated carbocycles. The van der Waals surface area contributed by atoms with E-state index in [2.05, 4.69) is 121 Å². The van der Waals surface area contributed by atoms with Gasteiger partial charge in [0.2, 0.25) is 0 Å². The summed E-state index contributed by atoms with van der Waals surface area (Å²) in [7, 11) is 0. The molecule has 2 heteroatoms. The van der Waals surface area contributed by atoms with Crippen molar-refractivity contribution in [2.24, 2.45) is 0 Å². The summed E-state index contributed by atoms with van der Waals surface area (Å²) in [6, 6.07) is 51.1. The molecule has 0 bridgehead atoms. The van der Waals surface area contributed by atoms with Crippen LogP contribution in [0, 0.1) is 0 Å². The molecule has 8 rings (SSSR count). The maximum absolute atomic E-state index is 10.2. The minimum atomic E-state index is -0.294. The third-order valence-electron chi connectivity index (χ3n) is 10.2. The average Bonchev–Trinajstić information content (AvgIpc) is 3.53. The molecule has 0 aliphatic heterocycles. The van der Waals surface area contributed by atoms with Crippen LogP contribution in [0.4, 0.5) is 0 Å². The van der Waals surface area contributed by atoms with E-state index in [0.29, 0.717) is 0 Å².